The molecule has 0 aliphatic rings. The maximum absolute atomic E-state index is 13.4. The first kappa shape index (κ1) is 22.7. The van der Waals surface area contributed by atoms with E-state index in [1.165, 1.54) is 33.5 Å². The predicted molar refractivity (Wildman–Crippen MR) is 128 cm³/mol. The SMILES string of the molecule is COc1cccc(-c2nc3ccccc3c(=O)n2NC(=O)c2cc(OC)c(OC)c(OC)c2)c1. The van der Waals surface area contributed by atoms with E-state index in [0.717, 1.165) is 4.68 Å². The molecule has 0 aliphatic carbocycles. The standard InChI is InChI=1S/C25H23N3O6/c1-31-17-9-7-8-15(12-17)23-26-19-11-6-5-10-18(19)25(30)28(23)27-24(29)16-13-20(32-2)22(34-4)21(14-16)33-3/h5-14H,1-4H3,(H,27,29). The third kappa shape index (κ3) is 4.11. The number of para-hydroxylation sites is 1. The lowest BCUT2D eigenvalue weighted by Crippen LogP contribution is -2.35. The molecule has 0 bridgehead atoms. The number of rotatable bonds is 7. The Balaban J connectivity index is 1.87. The van der Waals surface area contributed by atoms with Gasteiger partial charge < -0.3 is 18.9 Å². The number of amides is 1. The van der Waals surface area contributed by atoms with Crippen LogP contribution in [0.4, 0.5) is 0 Å². The third-order valence-electron chi connectivity index (χ3n) is 5.24. The van der Waals surface area contributed by atoms with Crippen molar-refractivity contribution in [1.29, 1.82) is 0 Å². The minimum atomic E-state index is -0.567. The number of fused-ring (bicyclic) bond motifs is 1. The van der Waals surface area contributed by atoms with Crippen LogP contribution < -0.4 is 29.9 Å². The highest BCUT2D eigenvalue weighted by Crippen LogP contribution is 2.38. The van der Waals surface area contributed by atoms with Crippen LogP contribution in [0.3, 0.4) is 0 Å². The summed E-state index contributed by atoms with van der Waals surface area (Å²) in [5, 5.41) is 0.360. The van der Waals surface area contributed by atoms with Gasteiger partial charge in [-0.05, 0) is 36.4 Å². The highest BCUT2D eigenvalue weighted by molar-refractivity contribution is 6.01. The van der Waals surface area contributed by atoms with Gasteiger partial charge in [0.05, 0.1) is 39.3 Å². The molecule has 174 valence electrons. The van der Waals surface area contributed by atoms with Crippen LogP contribution in [0.1, 0.15) is 10.4 Å². The van der Waals surface area contributed by atoms with Gasteiger partial charge >= 0.3 is 0 Å². The summed E-state index contributed by atoms with van der Waals surface area (Å²) in [5.74, 6) is 1.24. The van der Waals surface area contributed by atoms with Crippen LogP contribution in [0.15, 0.2) is 65.5 Å². The highest BCUT2D eigenvalue weighted by Gasteiger charge is 2.20. The number of carbonyl (C=O) groups excluding carboxylic acids is 1. The Morgan fingerprint density at radius 1 is 0.853 bits per heavy atom. The molecule has 1 N–H and O–H groups in total. The highest BCUT2D eigenvalue weighted by atomic mass is 16.5. The van der Waals surface area contributed by atoms with Crippen molar-refractivity contribution < 1.29 is 23.7 Å². The molecule has 3 aromatic carbocycles. The molecular weight excluding hydrogens is 438 g/mol. The lowest BCUT2D eigenvalue weighted by Gasteiger charge is -2.17. The number of ether oxygens (including phenoxy) is 4. The molecule has 1 amide bonds. The fraction of sp³-hybridized carbons (Fsp3) is 0.160. The van der Waals surface area contributed by atoms with Gasteiger partial charge in [0.25, 0.3) is 11.5 Å². The Labute approximate surface area is 195 Å². The van der Waals surface area contributed by atoms with Crippen molar-refractivity contribution in [3.63, 3.8) is 0 Å². The van der Waals surface area contributed by atoms with Crippen LogP contribution in [0, 0.1) is 0 Å². The summed E-state index contributed by atoms with van der Waals surface area (Å²) in [7, 11) is 5.93. The van der Waals surface area contributed by atoms with Crippen LogP contribution in [-0.4, -0.2) is 44.0 Å². The Kier molecular flexibility index (Phi) is 6.35. The second kappa shape index (κ2) is 9.53. The molecule has 0 saturated carbocycles. The van der Waals surface area contributed by atoms with Gasteiger partial charge in [-0.3, -0.25) is 15.0 Å². The van der Waals surface area contributed by atoms with Gasteiger partial charge in [0.2, 0.25) is 5.75 Å². The molecule has 4 rings (SSSR count). The molecule has 0 atom stereocenters. The summed E-state index contributed by atoms with van der Waals surface area (Å²) in [6, 6.07) is 17.0. The van der Waals surface area contributed by atoms with Crippen LogP contribution in [0.25, 0.3) is 22.3 Å². The van der Waals surface area contributed by atoms with E-state index in [1.807, 2.05) is 0 Å². The largest absolute Gasteiger partial charge is 0.497 e. The molecule has 0 unspecified atom stereocenters. The Bertz CT molecular complexity index is 1410. The Morgan fingerprint density at radius 2 is 1.56 bits per heavy atom. The second-order valence-electron chi connectivity index (χ2n) is 7.18. The van der Waals surface area contributed by atoms with Crippen molar-refractivity contribution in [3.8, 4) is 34.4 Å². The van der Waals surface area contributed by atoms with Gasteiger partial charge in [-0.25, -0.2) is 4.98 Å². The lowest BCUT2D eigenvalue weighted by atomic mass is 10.1. The van der Waals surface area contributed by atoms with Crippen molar-refractivity contribution in [2.75, 3.05) is 33.9 Å². The van der Waals surface area contributed by atoms with E-state index >= 15 is 0 Å². The number of methoxy groups -OCH3 is 4. The number of benzene rings is 3. The molecule has 0 aliphatic heterocycles. The monoisotopic (exact) mass is 461 g/mol. The van der Waals surface area contributed by atoms with Crippen molar-refractivity contribution in [3.05, 3.63) is 76.6 Å². The quantitative estimate of drug-likeness (QED) is 0.450. The van der Waals surface area contributed by atoms with E-state index in [-0.39, 0.29) is 11.4 Å². The summed E-state index contributed by atoms with van der Waals surface area (Å²) in [6.07, 6.45) is 0. The van der Waals surface area contributed by atoms with Gasteiger partial charge in [-0.2, -0.15) is 4.68 Å². The van der Waals surface area contributed by atoms with Crippen molar-refractivity contribution in [1.82, 2.24) is 9.66 Å². The molecule has 0 spiro atoms. The molecule has 0 radical (unpaired) electrons. The first-order chi connectivity index (χ1) is 16.5. The van der Waals surface area contributed by atoms with E-state index in [9.17, 15) is 9.59 Å². The first-order valence-corrected chi connectivity index (χ1v) is 10.3. The van der Waals surface area contributed by atoms with Gasteiger partial charge in [0, 0.05) is 11.1 Å². The van der Waals surface area contributed by atoms with Crippen molar-refractivity contribution in [2.45, 2.75) is 0 Å². The van der Waals surface area contributed by atoms with Crippen molar-refractivity contribution >= 4 is 16.8 Å². The predicted octanol–water partition coefficient (Wildman–Crippen LogP) is 3.48. The van der Waals surface area contributed by atoms with Crippen molar-refractivity contribution in [2.24, 2.45) is 0 Å². The maximum atomic E-state index is 13.4. The van der Waals surface area contributed by atoms with Gasteiger partial charge in [-0.15, -0.1) is 0 Å². The van der Waals surface area contributed by atoms with E-state index < -0.39 is 11.5 Å². The lowest BCUT2D eigenvalue weighted by molar-refractivity contribution is 0.101. The number of nitrogens with one attached hydrogen (secondary N) is 1. The summed E-state index contributed by atoms with van der Waals surface area (Å²) in [4.78, 5) is 31.3. The molecule has 0 saturated heterocycles. The Hall–Kier alpha value is -4.53. The zero-order valence-corrected chi connectivity index (χ0v) is 19.1. The molecule has 9 heteroatoms. The summed E-state index contributed by atoms with van der Waals surface area (Å²) in [5.41, 5.74) is 3.54. The van der Waals surface area contributed by atoms with Crippen LogP contribution >= 0.6 is 0 Å². The number of aromatic nitrogens is 2. The summed E-state index contributed by atoms with van der Waals surface area (Å²) >= 11 is 0. The first-order valence-electron chi connectivity index (χ1n) is 10.3. The number of hydrogen-bond donors (Lipinski definition) is 1. The molecular formula is C25H23N3O6. The fourth-order valence-corrected chi connectivity index (χ4v) is 3.57. The number of nitrogens with zero attached hydrogens (tertiary/aromatic N) is 2. The van der Waals surface area contributed by atoms with E-state index in [2.05, 4.69) is 10.4 Å². The summed E-state index contributed by atoms with van der Waals surface area (Å²) < 4.78 is 22.4. The molecule has 1 heterocycles. The molecule has 9 nitrogen and oxygen atoms in total. The number of carbonyl (C=O) groups is 1. The molecule has 0 fully saturated rings. The Morgan fingerprint density at radius 3 is 2.21 bits per heavy atom. The average molecular weight is 461 g/mol. The van der Waals surface area contributed by atoms with Gasteiger partial charge in [-0.1, -0.05) is 24.3 Å². The average Bonchev–Trinajstić information content (AvgIpc) is 2.89. The zero-order valence-electron chi connectivity index (χ0n) is 19.1. The number of hydrogen-bond acceptors (Lipinski definition) is 7. The van der Waals surface area contributed by atoms with Crippen LogP contribution in [0.2, 0.25) is 0 Å². The maximum Gasteiger partial charge on any atom is 0.280 e. The minimum absolute atomic E-state index is 0.200. The van der Waals surface area contributed by atoms with Crippen LogP contribution in [-0.2, 0) is 0 Å². The van der Waals surface area contributed by atoms with E-state index in [4.69, 9.17) is 18.9 Å². The van der Waals surface area contributed by atoms with Gasteiger partial charge in [0.1, 0.15) is 5.75 Å². The molecule has 1 aromatic heterocycles. The molecule has 34 heavy (non-hydrogen) atoms. The van der Waals surface area contributed by atoms with Gasteiger partial charge in [0.15, 0.2) is 17.3 Å². The van der Waals surface area contributed by atoms with E-state index in [0.29, 0.717) is 39.5 Å². The third-order valence-corrected chi connectivity index (χ3v) is 5.24. The van der Waals surface area contributed by atoms with E-state index in [1.54, 1.807) is 55.6 Å². The topological polar surface area (TPSA) is 101 Å². The normalized spacial score (nSPS) is 10.6. The van der Waals surface area contributed by atoms with Crippen LogP contribution in [0.5, 0.6) is 23.0 Å². The minimum Gasteiger partial charge on any atom is -0.497 e. The fourth-order valence-electron chi connectivity index (χ4n) is 3.57. The molecule has 4 aromatic rings. The zero-order chi connectivity index (χ0) is 24.2. The second-order valence-corrected chi connectivity index (χ2v) is 7.18. The smallest absolute Gasteiger partial charge is 0.280 e. The summed E-state index contributed by atoms with van der Waals surface area (Å²) in [6.45, 7) is 0.